The number of aryl methyl sites for hydroxylation is 2. The van der Waals surface area contributed by atoms with Crippen molar-refractivity contribution < 1.29 is 15.0 Å². The van der Waals surface area contributed by atoms with E-state index in [2.05, 4.69) is 5.73 Å². The molecule has 0 heterocycles. The molecule has 114 valence electrons. The molecule has 0 aliphatic rings. The number of rotatable bonds is 2. The number of aliphatic hydroxyl groups is 2. The Kier molecular flexibility index (Phi) is 10.4. The summed E-state index contributed by atoms with van der Waals surface area (Å²) in [5, 5.41) is 17.3. The van der Waals surface area contributed by atoms with Crippen LogP contribution in [0.25, 0.3) is 0 Å². The van der Waals surface area contributed by atoms with Gasteiger partial charge in [-0.25, -0.2) is 0 Å². The molecule has 0 spiro atoms. The number of hydrogen-bond donors (Lipinski definition) is 3. The van der Waals surface area contributed by atoms with E-state index in [4.69, 9.17) is 15.0 Å². The summed E-state index contributed by atoms with van der Waals surface area (Å²) in [6, 6.07) is 15.7. The van der Waals surface area contributed by atoms with Crippen molar-refractivity contribution in [3.8, 4) is 0 Å². The first kappa shape index (κ1) is 18.8. The van der Waals surface area contributed by atoms with Crippen LogP contribution in [0, 0.1) is 13.8 Å². The minimum absolute atomic E-state index is 0.139. The average Bonchev–Trinajstić information content (AvgIpc) is 2.50. The van der Waals surface area contributed by atoms with Crippen LogP contribution in [0.3, 0.4) is 0 Å². The number of carbonyl (C=O) groups excluding carboxylic acids is 1. The van der Waals surface area contributed by atoms with Crippen molar-refractivity contribution >= 4 is 6.41 Å². The van der Waals surface area contributed by atoms with Gasteiger partial charge in [-0.15, -0.1) is 0 Å². The Hall–Kier alpha value is -2.17. The molecule has 4 heteroatoms. The lowest BCUT2D eigenvalue weighted by molar-refractivity contribution is -0.106. The third kappa shape index (κ3) is 9.38. The molecule has 0 radical (unpaired) electrons. The topological polar surface area (TPSA) is 83.6 Å². The van der Waals surface area contributed by atoms with Gasteiger partial charge in [-0.05, 0) is 25.0 Å². The Morgan fingerprint density at radius 2 is 1.05 bits per heavy atom. The van der Waals surface area contributed by atoms with Gasteiger partial charge in [0, 0.05) is 0 Å². The minimum Gasteiger partial charge on any atom is -0.392 e. The molecule has 1 amide bonds. The van der Waals surface area contributed by atoms with E-state index in [9.17, 15) is 0 Å². The number of benzene rings is 2. The summed E-state index contributed by atoms with van der Waals surface area (Å²) in [6.45, 7) is 4.34. The lowest BCUT2D eigenvalue weighted by Gasteiger charge is -1.93. The second-order valence-corrected chi connectivity index (χ2v) is 4.42. The van der Waals surface area contributed by atoms with Crippen LogP contribution in [-0.2, 0) is 18.0 Å². The highest BCUT2D eigenvalue weighted by atomic mass is 16.3. The molecule has 0 aliphatic heterocycles. The molecular weight excluding hydrogens is 266 g/mol. The first-order valence-corrected chi connectivity index (χ1v) is 6.55. The van der Waals surface area contributed by atoms with E-state index in [1.165, 1.54) is 11.1 Å². The largest absolute Gasteiger partial charge is 0.392 e. The van der Waals surface area contributed by atoms with Gasteiger partial charge in [-0.2, -0.15) is 0 Å². The van der Waals surface area contributed by atoms with Crippen LogP contribution >= 0.6 is 0 Å². The molecule has 0 aromatic heterocycles. The van der Waals surface area contributed by atoms with Crippen LogP contribution in [0.15, 0.2) is 48.5 Å². The summed E-state index contributed by atoms with van der Waals surface area (Å²) >= 11 is 0. The van der Waals surface area contributed by atoms with Gasteiger partial charge in [0.15, 0.2) is 0 Å². The number of hydrogen-bond acceptors (Lipinski definition) is 3. The predicted octanol–water partition coefficient (Wildman–Crippen LogP) is 2.08. The number of aliphatic hydroxyl groups excluding tert-OH is 2. The molecule has 0 fully saturated rings. The maximum absolute atomic E-state index is 8.63. The molecule has 0 atom stereocenters. The molecule has 4 N–H and O–H groups in total. The Morgan fingerprint density at radius 1 is 0.810 bits per heavy atom. The SMILES string of the molecule is Cc1ccc(CO)cc1.Cc1ccc(CO)cc1.NC=O. The fraction of sp³-hybridized carbons (Fsp3) is 0.235. The van der Waals surface area contributed by atoms with E-state index in [0.29, 0.717) is 0 Å². The number of nitrogens with two attached hydrogens (primary N) is 1. The number of primary amides is 1. The first-order valence-electron chi connectivity index (χ1n) is 6.55. The van der Waals surface area contributed by atoms with Gasteiger partial charge < -0.3 is 15.9 Å². The quantitative estimate of drug-likeness (QED) is 0.740. The van der Waals surface area contributed by atoms with Crippen molar-refractivity contribution in [2.45, 2.75) is 27.1 Å². The molecule has 0 unspecified atom stereocenters. The second-order valence-electron chi connectivity index (χ2n) is 4.42. The highest BCUT2D eigenvalue weighted by Gasteiger charge is 1.86. The van der Waals surface area contributed by atoms with E-state index in [0.717, 1.165) is 11.1 Å². The summed E-state index contributed by atoms with van der Waals surface area (Å²) < 4.78 is 0. The van der Waals surface area contributed by atoms with E-state index < -0.39 is 0 Å². The maximum atomic E-state index is 8.63. The monoisotopic (exact) mass is 289 g/mol. The standard InChI is InChI=1S/2C8H10O.CH3NO/c2*1-7-2-4-8(6-9)5-3-7;2-1-3/h2*2-5,9H,6H2,1H3;1H,(H2,2,3). The van der Waals surface area contributed by atoms with Crippen LogP contribution in [0.2, 0.25) is 0 Å². The van der Waals surface area contributed by atoms with Crippen LogP contribution in [0.5, 0.6) is 0 Å². The van der Waals surface area contributed by atoms with Crippen LogP contribution in [-0.4, -0.2) is 16.6 Å². The predicted molar refractivity (Wildman–Crippen MR) is 84.5 cm³/mol. The van der Waals surface area contributed by atoms with Gasteiger partial charge in [-0.3, -0.25) is 4.79 Å². The minimum atomic E-state index is 0.139. The van der Waals surface area contributed by atoms with E-state index in [-0.39, 0.29) is 19.6 Å². The van der Waals surface area contributed by atoms with Crippen LogP contribution < -0.4 is 5.73 Å². The molecule has 0 saturated carbocycles. The van der Waals surface area contributed by atoms with Crippen molar-refractivity contribution in [1.29, 1.82) is 0 Å². The lowest BCUT2D eigenvalue weighted by atomic mass is 10.2. The molecule has 21 heavy (non-hydrogen) atoms. The zero-order valence-corrected chi connectivity index (χ0v) is 12.5. The van der Waals surface area contributed by atoms with E-state index >= 15 is 0 Å². The second kappa shape index (κ2) is 11.6. The molecular formula is C17H23NO3. The maximum Gasteiger partial charge on any atom is 0.204 e. The smallest absolute Gasteiger partial charge is 0.204 e. The molecule has 0 bridgehead atoms. The summed E-state index contributed by atoms with van der Waals surface area (Å²) in [4.78, 5) is 8.58. The molecule has 0 aliphatic carbocycles. The van der Waals surface area contributed by atoms with Crippen LogP contribution in [0.1, 0.15) is 22.3 Å². The number of amides is 1. The zero-order valence-electron chi connectivity index (χ0n) is 12.5. The van der Waals surface area contributed by atoms with Crippen molar-refractivity contribution in [3.05, 3.63) is 70.8 Å². The highest BCUT2D eigenvalue weighted by Crippen LogP contribution is 2.02. The Morgan fingerprint density at radius 3 is 1.24 bits per heavy atom. The van der Waals surface area contributed by atoms with Crippen molar-refractivity contribution in [3.63, 3.8) is 0 Å². The van der Waals surface area contributed by atoms with Gasteiger partial charge in [0.2, 0.25) is 6.41 Å². The van der Waals surface area contributed by atoms with Gasteiger partial charge in [0.25, 0.3) is 0 Å². The molecule has 2 aromatic rings. The van der Waals surface area contributed by atoms with Crippen molar-refractivity contribution in [1.82, 2.24) is 0 Å². The Labute approximate surface area is 125 Å². The zero-order chi connectivity index (χ0) is 16.1. The molecule has 0 saturated heterocycles. The Bertz CT molecular complexity index is 447. The van der Waals surface area contributed by atoms with Gasteiger partial charge in [0.05, 0.1) is 13.2 Å². The molecule has 2 aromatic carbocycles. The summed E-state index contributed by atoms with van der Waals surface area (Å²) in [5.74, 6) is 0. The fourth-order valence-corrected chi connectivity index (χ4v) is 1.39. The summed E-state index contributed by atoms with van der Waals surface area (Å²) in [5.41, 5.74) is 8.57. The molecule has 4 nitrogen and oxygen atoms in total. The first-order chi connectivity index (χ1) is 10.1. The fourth-order valence-electron chi connectivity index (χ4n) is 1.39. The highest BCUT2D eigenvalue weighted by molar-refractivity contribution is 5.42. The third-order valence-electron chi connectivity index (χ3n) is 2.61. The number of carbonyl (C=O) groups is 1. The third-order valence-corrected chi connectivity index (χ3v) is 2.61. The van der Waals surface area contributed by atoms with Gasteiger partial charge in [-0.1, -0.05) is 59.7 Å². The summed E-state index contributed by atoms with van der Waals surface area (Å²) in [7, 11) is 0. The summed E-state index contributed by atoms with van der Waals surface area (Å²) in [6.07, 6.45) is 0.250. The van der Waals surface area contributed by atoms with Crippen LogP contribution in [0.4, 0.5) is 0 Å². The molecule has 2 rings (SSSR count). The van der Waals surface area contributed by atoms with Crippen molar-refractivity contribution in [2.24, 2.45) is 5.73 Å². The van der Waals surface area contributed by atoms with E-state index in [1.54, 1.807) is 0 Å². The van der Waals surface area contributed by atoms with Gasteiger partial charge in [0.1, 0.15) is 0 Å². The average molecular weight is 289 g/mol. The lowest BCUT2D eigenvalue weighted by Crippen LogP contribution is -1.82. The van der Waals surface area contributed by atoms with E-state index in [1.807, 2.05) is 62.4 Å². The normalized spacial score (nSPS) is 8.76. The van der Waals surface area contributed by atoms with Crippen molar-refractivity contribution in [2.75, 3.05) is 0 Å². The Balaban J connectivity index is 0.000000322. The van der Waals surface area contributed by atoms with Gasteiger partial charge >= 0.3 is 0 Å².